The predicted octanol–water partition coefficient (Wildman–Crippen LogP) is 0.347. The van der Waals surface area contributed by atoms with E-state index in [9.17, 15) is 4.79 Å². The van der Waals surface area contributed by atoms with Gasteiger partial charge in [-0.05, 0) is 25.8 Å². The first-order valence-corrected chi connectivity index (χ1v) is 4.43. The molecule has 12 heavy (non-hydrogen) atoms. The van der Waals surface area contributed by atoms with E-state index in [4.69, 9.17) is 5.11 Å². The van der Waals surface area contributed by atoms with Crippen LogP contribution in [-0.2, 0) is 0 Å². The lowest BCUT2D eigenvalue weighted by atomic mass is 9.98. The summed E-state index contributed by atoms with van der Waals surface area (Å²) in [7, 11) is 0. The Morgan fingerprint density at radius 1 is 1.67 bits per heavy atom. The van der Waals surface area contributed by atoms with E-state index in [0.717, 1.165) is 13.0 Å². The Balaban J connectivity index is 2.10. The van der Waals surface area contributed by atoms with Gasteiger partial charge in [0, 0.05) is 18.6 Å². The minimum absolute atomic E-state index is 0.197. The van der Waals surface area contributed by atoms with Gasteiger partial charge in [0.15, 0.2) is 0 Å². The molecule has 0 saturated carbocycles. The van der Waals surface area contributed by atoms with Crippen molar-refractivity contribution in [2.75, 3.05) is 13.1 Å². The van der Waals surface area contributed by atoms with Crippen LogP contribution in [-0.4, -0.2) is 41.3 Å². The molecule has 0 aliphatic carbocycles. The van der Waals surface area contributed by atoms with Gasteiger partial charge in [0.2, 0.25) is 0 Å². The first-order valence-electron chi connectivity index (χ1n) is 4.43. The third-order valence-corrected chi connectivity index (χ3v) is 3.15. The van der Waals surface area contributed by atoms with Gasteiger partial charge in [-0.1, -0.05) is 0 Å². The number of carbonyl (C=O) groups is 1. The molecule has 0 unspecified atom stereocenters. The summed E-state index contributed by atoms with van der Waals surface area (Å²) >= 11 is 0. The zero-order valence-corrected chi connectivity index (χ0v) is 7.16. The van der Waals surface area contributed by atoms with Gasteiger partial charge in [0.25, 0.3) is 0 Å². The highest BCUT2D eigenvalue weighted by atomic mass is 16.4. The number of fused-ring (bicyclic) bond motifs is 1. The summed E-state index contributed by atoms with van der Waals surface area (Å²) in [5.74, 6) is 0.543. The van der Waals surface area contributed by atoms with E-state index in [0.29, 0.717) is 18.5 Å². The highest BCUT2D eigenvalue weighted by molar-refractivity contribution is 5.66. The molecule has 3 atom stereocenters. The number of nitrogens with one attached hydrogen (secondary N) is 1. The molecule has 0 aromatic carbocycles. The molecule has 0 aromatic heterocycles. The summed E-state index contributed by atoms with van der Waals surface area (Å²) in [5.41, 5.74) is 0. The Morgan fingerprint density at radius 2 is 2.42 bits per heavy atom. The van der Waals surface area contributed by atoms with Crippen LogP contribution >= 0.6 is 0 Å². The fourth-order valence-electron chi connectivity index (χ4n) is 2.43. The van der Waals surface area contributed by atoms with Crippen LogP contribution in [0.1, 0.15) is 13.3 Å². The van der Waals surface area contributed by atoms with Crippen molar-refractivity contribution in [2.45, 2.75) is 25.4 Å². The summed E-state index contributed by atoms with van der Waals surface area (Å²) in [5, 5.41) is 12.2. The number of rotatable bonds is 0. The summed E-state index contributed by atoms with van der Waals surface area (Å²) < 4.78 is 0. The minimum atomic E-state index is -0.779. The van der Waals surface area contributed by atoms with Gasteiger partial charge in [-0.2, -0.15) is 0 Å². The number of likely N-dealkylation sites (tertiary alicyclic amines) is 1. The lowest BCUT2D eigenvalue weighted by Crippen LogP contribution is -2.36. The normalized spacial score (nSPS) is 40.1. The first-order chi connectivity index (χ1) is 5.70. The minimum Gasteiger partial charge on any atom is -0.465 e. The maximum atomic E-state index is 10.7. The highest BCUT2D eigenvalue weighted by Crippen LogP contribution is 2.30. The molecule has 2 aliphatic heterocycles. The maximum Gasteiger partial charge on any atom is 0.407 e. The quantitative estimate of drug-likeness (QED) is 0.551. The monoisotopic (exact) mass is 170 g/mol. The van der Waals surface area contributed by atoms with Crippen LogP contribution in [0.3, 0.4) is 0 Å². The van der Waals surface area contributed by atoms with Crippen molar-refractivity contribution in [2.24, 2.45) is 5.92 Å². The molecule has 2 aliphatic rings. The van der Waals surface area contributed by atoms with Gasteiger partial charge in [0.05, 0.1) is 0 Å². The van der Waals surface area contributed by atoms with Crippen LogP contribution in [0.4, 0.5) is 4.79 Å². The smallest absolute Gasteiger partial charge is 0.407 e. The second-order valence-corrected chi connectivity index (χ2v) is 3.69. The standard InChI is InChI=1S/C8H14N2O2/c1-5-6-2-3-9-7(6)4-10(5)8(11)12/h5-7,9H,2-4H2,1H3,(H,11,12)/t5-,6-,7+/m1/s1. The number of nitrogens with zero attached hydrogens (tertiary/aromatic N) is 1. The van der Waals surface area contributed by atoms with Crippen LogP contribution < -0.4 is 5.32 Å². The Labute approximate surface area is 71.5 Å². The molecular formula is C8H14N2O2. The predicted molar refractivity (Wildman–Crippen MR) is 44.1 cm³/mol. The Bertz CT molecular complexity index is 207. The van der Waals surface area contributed by atoms with Gasteiger partial charge in [-0.15, -0.1) is 0 Å². The van der Waals surface area contributed by atoms with Crippen LogP contribution in [0.15, 0.2) is 0 Å². The molecule has 2 heterocycles. The average Bonchev–Trinajstić information content (AvgIpc) is 2.53. The van der Waals surface area contributed by atoms with E-state index < -0.39 is 6.09 Å². The lowest BCUT2D eigenvalue weighted by Gasteiger charge is -2.20. The second kappa shape index (κ2) is 2.62. The largest absolute Gasteiger partial charge is 0.465 e. The molecule has 0 spiro atoms. The molecule has 2 N–H and O–H groups in total. The molecule has 0 bridgehead atoms. The zero-order chi connectivity index (χ0) is 8.72. The van der Waals surface area contributed by atoms with Crippen molar-refractivity contribution in [3.63, 3.8) is 0 Å². The fraction of sp³-hybridized carbons (Fsp3) is 0.875. The molecule has 0 aromatic rings. The van der Waals surface area contributed by atoms with E-state index in [2.05, 4.69) is 5.32 Å². The third-order valence-electron chi connectivity index (χ3n) is 3.15. The Morgan fingerprint density at radius 3 is 3.00 bits per heavy atom. The SMILES string of the molecule is C[C@@H]1[C@H]2CCN[C@H]2CN1C(=O)O. The van der Waals surface area contributed by atoms with Crippen LogP contribution in [0.2, 0.25) is 0 Å². The van der Waals surface area contributed by atoms with Crippen molar-refractivity contribution in [3.05, 3.63) is 0 Å². The van der Waals surface area contributed by atoms with E-state index in [1.165, 1.54) is 0 Å². The molecule has 1 amide bonds. The van der Waals surface area contributed by atoms with Crippen molar-refractivity contribution in [1.82, 2.24) is 10.2 Å². The molecule has 4 heteroatoms. The number of hydrogen-bond acceptors (Lipinski definition) is 2. The van der Waals surface area contributed by atoms with Crippen molar-refractivity contribution >= 4 is 6.09 Å². The number of hydrogen-bond donors (Lipinski definition) is 2. The zero-order valence-electron chi connectivity index (χ0n) is 7.16. The van der Waals surface area contributed by atoms with Crippen LogP contribution in [0.5, 0.6) is 0 Å². The van der Waals surface area contributed by atoms with Gasteiger partial charge in [-0.25, -0.2) is 4.79 Å². The third kappa shape index (κ3) is 0.982. The molecule has 2 fully saturated rings. The van der Waals surface area contributed by atoms with E-state index in [1.807, 2.05) is 6.92 Å². The summed E-state index contributed by atoms with van der Waals surface area (Å²) in [4.78, 5) is 12.3. The fourth-order valence-corrected chi connectivity index (χ4v) is 2.43. The molecule has 4 nitrogen and oxygen atoms in total. The van der Waals surface area contributed by atoms with E-state index in [-0.39, 0.29) is 6.04 Å². The second-order valence-electron chi connectivity index (χ2n) is 3.69. The molecule has 2 rings (SSSR count). The summed E-state index contributed by atoms with van der Waals surface area (Å²) in [6, 6.07) is 0.610. The first kappa shape index (κ1) is 7.86. The van der Waals surface area contributed by atoms with Crippen LogP contribution in [0.25, 0.3) is 0 Å². The van der Waals surface area contributed by atoms with Gasteiger partial charge in [0.1, 0.15) is 0 Å². The maximum absolute atomic E-state index is 10.7. The average molecular weight is 170 g/mol. The topological polar surface area (TPSA) is 52.6 Å². The van der Waals surface area contributed by atoms with Crippen molar-refractivity contribution in [3.8, 4) is 0 Å². The molecule has 2 saturated heterocycles. The van der Waals surface area contributed by atoms with Gasteiger partial charge >= 0.3 is 6.09 Å². The molecule has 68 valence electrons. The summed E-state index contributed by atoms with van der Waals surface area (Å²) in [6.45, 7) is 3.72. The van der Waals surface area contributed by atoms with E-state index in [1.54, 1.807) is 4.90 Å². The van der Waals surface area contributed by atoms with Gasteiger partial charge < -0.3 is 15.3 Å². The van der Waals surface area contributed by atoms with Crippen LogP contribution in [0, 0.1) is 5.92 Å². The Kier molecular flexibility index (Phi) is 1.72. The summed E-state index contributed by atoms with van der Waals surface area (Å²) in [6.07, 6.45) is 0.342. The van der Waals surface area contributed by atoms with E-state index >= 15 is 0 Å². The number of carboxylic acid groups (broad SMARTS) is 1. The highest BCUT2D eigenvalue weighted by Gasteiger charge is 2.43. The Hall–Kier alpha value is -0.770. The van der Waals surface area contributed by atoms with Gasteiger partial charge in [-0.3, -0.25) is 0 Å². The number of amides is 1. The lowest BCUT2D eigenvalue weighted by molar-refractivity contribution is 0.137. The van der Waals surface area contributed by atoms with Crippen molar-refractivity contribution in [1.29, 1.82) is 0 Å². The molecule has 0 radical (unpaired) electrons. The van der Waals surface area contributed by atoms with Crippen molar-refractivity contribution < 1.29 is 9.90 Å². The molecular weight excluding hydrogens is 156 g/mol.